The molecule has 1 aliphatic heterocycles. The van der Waals surface area contributed by atoms with E-state index >= 15 is 0 Å². The minimum absolute atomic E-state index is 0.314. The van der Waals surface area contributed by atoms with Crippen LogP contribution in [0.3, 0.4) is 0 Å². The van der Waals surface area contributed by atoms with Crippen LogP contribution in [0.1, 0.15) is 12.5 Å². The number of allylic oxidation sites excluding steroid dienone is 3. The Morgan fingerprint density at radius 3 is 2.75 bits per heavy atom. The van der Waals surface area contributed by atoms with Crippen LogP contribution in [0.25, 0.3) is 5.70 Å². The molecule has 0 aliphatic carbocycles. The third kappa shape index (κ3) is 2.67. The second-order valence-electron chi connectivity index (χ2n) is 4.65. The fraction of sp³-hybridized carbons (Fsp3) is 0.176. The highest BCUT2D eigenvalue weighted by atomic mass is 19.1. The Hall–Kier alpha value is -2.29. The van der Waals surface area contributed by atoms with Gasteiger partial charge in [0.2, 0.25) is 0 Å². The summed E-state index contributed by atoms with van der Waals surface area (Å²) in [6.07, 6.45) is 5.47. The maximum atomic E-state index is 14.2. The van der Waals surface area contributed by atoms with Gasteiger partial charge in [-0.2, -0.15) is 0 Å². The molecule has 0 spiro atoms. The van der Waals surface area contributed by atoms with Crippen molar-refractivity contribution >= 4 is 5.70 Å². The molecule has 0 saturated carbocycles. The Bertz CT molecular complexity index is 613. The van der Waals surface area contributed by atoms with Crippen LogP contribution in [0.4, 0.5) is 4.39 Å². The second-order valence-corrected chi connectivity index (χ2v) is 4.65. The normalized spacial score (nSPS) is 14.8. The van der Waals surface area contributed by atoms with Crippen molar-refractivity contribution in [3.05, 3.63) is 72.2 Å². The van der Waals surface area contributed by atoms with E-state index in [1.807, 2.05) is 31.0 Å². The first-order valence-electron chi connectivity index (χ1n) is 6.39. The van der Waals surface area contributed by atoms with Gasteiger partial charge in [-0.3, -0.25) is 0 Å². The number of nitrogens with zero attached hydrogens (tertiary/aromatic N) is 1. The molecular weight excluding hydrogens is 253 g/mol. The summed E-state index contributed by atoms with van der Waals surface area (Å²) in [6.45, 7) is 9.90. The molecule has 0 bridgehead atoms. The summed E-state index contributed by atoms with van der Waals surface area (Å²) >= 11 is 0. The molecule has 1 aliphatic rings. The lowest BCUT2D eigenvalue weighted by atomic mass is 10.0. The van der Waals surface area contributed by atoms with Gasteiger partial charge in [-0.1, -0.05) is 25.3 Å². The van der Waals surface area contributed by atoms with E-state index in [1.165, 1.54) is 6.07 Å². The molecule has 0 N–H and O–H groups in total. The van der Waals surface area contributed by atoms with Gasteiger partial charge in [0.15, 0.2) is 0 Å². The molecule has 1 heterocycles. The van der Waals surface area contributed by atoms with E-state index in [1.54, 1.807) is 18.2 Å². The van der Waals surface area contributed by atoms with Crippen LogP contribution in [-0.2, 0) is 0 Å². The zero-order valence-corrected chi connectivity index (χ0v) is 11.8. The highest BCUT2D eigenvalue weighted by Gasteiger charge is 2.18. The molecular formula is C17H18FNO. The molecule has 0 unspecified atom stereocenters. The summed E-state index contributed by atoms with van der Waals surface area (Å²) in [6, 6.07) is 4.86. The van der Waals surface area contributed by atoms with Crippen LogP contribution in [-0.4, -0.2) is 18.6 Å². The number of halogens is 1. The van der Waals surface area contributed by atoms with Gasteiger partial charge in [-0.25, -0.2) is 4.39 Å². The van der Waals surface area contributed by atoms with E-state index in [0.29, 0.717) is 17.9 Å². The molecule has 0 amide bonds. The van der Waals surface area contributed by atoms with Crippen molar-refractivity contribution in [3.8, 4) is 5.75 Å². The monoisotopic (exact) mass is 271 g/mol. The van der Waals surface area contributed by atoms with Crippen LogP contribution in [0, 0.1) is 5.82 Å². The Kier molecular flexibility index (Phi) is 4.08. The highest BCUT2D eigenvalue weighted by Crippen LogP contribution is 2.31. The zero-order chi connectivity index (χ0) is 14.7. The van der Waals surface area contributed by atoms with Crippen molar-refractivity contribution < 1.29 is 9.13 Å². The van der Waals surface area contributed by atoms with E-state index in [4.69, 9.17) is 4.74 Å². The quantitative estimate of drug-likeness (QED) is 0.763. The first-order chi connectivity index (χ1) is 9.54. The highest BCUT2D eigenvalue weighted by molar-refractivity contribution is 5.71. The molecule has 0 atom stereocenters. The zero-order valence-electron chi connectivity index (χ0n) is 11.8. The third-order valence-corrected chi connectivity index (χ3v) is 3.30. The summed E-state index contributed by atoms with van der Waals surface area (Å²) in [7, 11) is 1.88. The van der Waals surface area contributed by atoms with Crippen molar-refractivity contribution in [2.45, 2.75) is 6.92 Å². The second kappa shape index (κ2) is 5.78. The van der Waals surface area contributed by atoms with Crippen molar-refractivity contribution in [2.75, 3.05) is 13.7 Å². The van der Waals surface area contributed by atoms with Gasteiger partial charge in [0.25, 0.3) is 0 Å². The van der Waals surface area contributed by atoms with Gasteiger partial charge >= 0.3 is 0 Å². The van der Waals surface area contributed by atoms with Crippen LogP contribution >= 0.6 is 0 Å². The van der Waals surface area contributed by atoms with Gasteiger partial charge in [-0.05, 0) is 30.7 Å². The Labute approximate surface area is 119 Å². The summed E-state index contributed by atoms with van der Waals surface area (Å²) in [5.41, 5.74) is 3.26. The SMILES string of the molecule is C=CCOc1ccc(C2=CC=C(C)C(=C)N2C)c(F)c1. The summed E-state index contributed by atoms with van der Waals surface area (Å²) in [5, 5.41) is 0. The summed E-state index contributed by atoms with van der Waals surface area (Å²) in [4.78, 5) is 1.89. The number of hydrogen-bond acceptors (Lipinski definition) is 2. The molecule has 1 aromatic carbocycles. The maximum Gasteiger partial charge on any atom is 0.136 e. The number of ether oxygens (including phenoxy) is 1. The van der Waals surface area contributed by atoms with E-state index in [0.717, 1.165) is 17.0 Å². The van der Waals surface area contributed by atoms with E-state index in [9.17, 15) is 4.39 Å². The molecule has 3 heteroatoms. The lowest BCUT2D eigenvalue weighted by molar-refractivity contribution is 0.360. The molecule has 0 fully saturated rings. The molecule has 104 valence electrons. The van der Waals surface area contributed by atoms with E-state index < -0.39 is 0 Å². The Morgan fingerprint density at radius 1 is 1.35 bits per heavy atom. The topological polar surface area (TPSA) is 12.5 Å². The predicted molar refractivity (Wildman–Crippen MR) is 80.7 cm³/mol. The minimum atomic E-state index is -0.314. The van der Waals surface area contributed by atoms with Crippen molar-refractivity contribution in [3.63, 3.8) is 0 Å². The standard InChI is InChI=1S/C17H18FNO/c1-5-10-20-14-7-8-15(16(18)11-14)17-9-6-12(2)13(3)19(17)4/h5-9,11H,1,3,10H2,2,4H3. The number of rotatable bonds is 4. The summed E-state index contributed by atoms with van der Waals surface area (Å²) in [5.74, 6) is 0.182. The molecule has 0 aromatic heterocycles. The van der Waals surface area contributed by atoms with E-state index in [2.05, 4.69) is 13.2 Å². The minimum Gasteiger partial charge on any atom is -0.489 e. The molecule has 20 heavy (non-hydrogen) atoms. The third-order valence-electron chi connectivity index (χ3n) is 3.30. The first kappa shape index (κ1) is 14.1. The van der Waals surface area contributed by atoms with Gasteiger partial charge in [0, 0.05) is 24.4 Å². The largest absolute Gasteiger partial charge is 0.489 e. The average Bonchev–Trinajstić information content (AvgIpc) is 2.44. The van der Waals surface area contributed by atoms with Crippen LogP contribution in [0.2, 0.25) is 0 Å². The van der Waals surface area contributed by atoms with Gasteiger partial charge in [0.1, 0.15) is 18.2 Å². The smallest absolute Gasteiger partial charge is 0.136 e. The Balaban J connectivity index is 2.34. The summed E-state index contributed by atoms with van der Waals surface area (Å²) < 4.78 is 19.6. The van der Waals surface area contributed by atoms with Crippen molar-refractivity contribution in [2.24, 2.45) is 0 Å². The molecule has 0 radical (unpaired) electrons. The maximum absolute atomic E-state index is 14.2. The molecule has 0 saturated heterocycles. The average molecular weight is 271 g/mol. The molecule has 2 nitrogen and oxygen atoms in total. The lowest BCUT2D eigenvalue weighted by Gasteiger charge is -2.28. The first-order valence-corrected chi connectivity index (χ1v) is 6.39. The number of hydrogen-bond donors (Lipinski definition) is 0. The van der Waals surface area contributed by atoms with Gasteiger partial charge in [-0.15, -0.1) is 0 Å². The molecule has 2 rings (SSSR count). The fourth-order valence-electron chi connectivity index (χ4n) is 2.04. The fourth-order valence-corrected chi connectivity index (χ4v) is 2.04. The molecule has 1 aromatic rings. The van der Waals surface area contributed by atoms with Gasteiger partial charge in [0.05, 0.1) is 5.70 Å². The number of likely N-dealkylation sites (N-methyl/N-ethyl adjacent to an activating group) is 1. The number of benzene rings is 1. The van der Waals surface area contributed by atoms with Crippen molar-refractivity contribution in [1.29, 1.82) is 0 Å². The van der Waals surface area contributed by atoms with Crippen LogP contribution in [0.15, 0.2) is 60.9 Å². The lowest BCUT2D eigenvalue weighted by Crippen LogP contribution is -2.19. The van der Waals surface area contributed by atoms with Crippen LogP contribution < -0.4 is 4.74 Å². The Morgan fingerprint density at radius 2 is 2.10 bits per heavy atom. The van der Waals surface area contributed by atoms with Crippen LogP contribution in [0.5, 0.6) is 5.75 Å². The van der Waals surface area contributed by atoms with E-state index in [-0.39, 0.29) is 5.82 Å². The predicted octanol–water partition coefficient (Wildman–Crippen LogP) is 4.14. The van der Waals surface area contributed by atoms with Gasteiger partial charge < -0.3 is 9.64 Å². The van der Waals surface area contributed by atoms with Crippen molar-refractivity contribution in [1.82, 2.24) is 4.90 Å².